The zero-order valence-corrected chi connectivity index (χ0v) is 13.5. The fraction of sp³-hybridized carbons (Fsp3) is 0.667. The Labute approximate surface area is 135 Å². The Hall–Kier alpha value is -1.04. The Bertz CT molecular complexity index is 507. The lowest BCUT2D eigenvalue weighted by atomic mass is 9.93. The van der Waals surface area contributed by atoms with Gasteiger partial charge in [0.15, 0.2) is 17.9 Å². The number of benzene rings is 1. The van der Waals surface area contributed by atoms with Crippen molar-refractivity contribution < 1.29 is 23.0 Å². The number of halogens is 2. The molecule has 2 aliphatic heterocycles. The highest BCUT2D eigenvalue weighted by Crippen LogP contribution is 2.34. The summed E-state index contributed by atoms with van der Waals surface area (Å²) in [4.78, 5) is 0. The molecule has 0 saturated carbocycles. The molecule has 0 aliphatic carbocycles. The molecule has 2 unspecified atom stereocenters. The first-order valence-electron chi connectivity index (χ1n) is 8.47. The highest BCUT2D eigenvalue weighted by atomic mass is 19.2. The standard InChI is InChI=1S/C18H24F2O3/c1-2-3-12-9-22-18(23-10-12)14-5-7-17(21-11-14)13-4-6-15(19)16(20)8-13/h4,6,8,12,14,17-18H,2-3,5,7,9-11H2,1H3. The van der Waals surface area contributed by atoms with Crippen LogP contribution in [0, 0.1) is 23.5 Å². The molecule has 2 atom stereocenters. The molecule has 0 aromatic heterocycles. The minimum atomic E-state index is -0.826. The third-order valence-electron chi connectivity index (χ3n) is 4.70. The van der Waals surface area contributed by atoms with Crippen LogP contribution in [0.5, 0.6) is 0 Å². The molecule has 0 bridgehead atoms. The van der Waals surface area contributed by atoms with Crippen LogP contribution in [-0.4, -0.2) is 26.1 Å². The topological polar surface area (TPSA) is 27.7 Å². The van der Waals surface area contributed by atoms with Gasteiger partial charge in [-0.3, -0.25) is 0 Å². The average Bonchev–Trinajstić information content (AvgIpc) is 2.59. The maximum atomic E-state index is 13.3. The van der Waals surface area contributed by atoms with Crippen molar-refractivity contribution >= 4 is 0 Å². The largest absolute Gasteiger partial charge is 0.373 e. The lowest BCUT2D eigenvalue weighted by Gasteiger charge is -2.37. The summed E-state index contributed by atoms with van der Waals surface area (Å²) in [7, 11) is 0. The first-order valence-corrected chi connectivity index (χ1v) is 8.47. The molecule has 2 fully saturated rings. The summed E-state index contributed by atoms with van der Waals surface area (Å²) in [6.07, 6.45) is 3.55. The summed E-state index contributed by atoms with van der Waals surface area (Å²) in [5.74, 6) is -0.947. The third-order valence-corrected chi connectivity index (χ3v) is 4.70. The van der Waals surface area contributed by atoms with Gasteiger partial charge in [-0.25, -0.2) is 8.78 Å². The van der Waals surface area contributed by atoms with Gasteiger partial charge in [-0.2, -0.15) is 0 Å². The second kappa shape index (κ2) is 7.69. The van der Waals surface area contributed by atoms with Crippen LogP contribution in [0.4, 0.5) is 8.78 Å². The molecule has 0 spiro atoms. The van der Waals surface area contributed by atoms with Crippen molar-refractivity contribution in [1.29, 1.82) is 0 Å². The normalized spacial score (nSPS) is 32.0. The monoisotopic (exact) mass is 326 g/mol. The zero-order valence-electron chi connectivity index (χ0n) is 13.5. The molecule has 3 rings (SSSR count). The van der Waals surface area contributed by atoms with Crippen molar-refractivity contribution in [2.45, 2.75) is 45.0 Å². The van der Waals surface area contributed by atoms with Gasteiger partial charge in [0.1, 0.15) is 0 Å². The van der Waals surface area contributed by atoms with Gasteiger partial charge in [0, 0.05) is 11.8 Å². The van der Waals surface area contributed by atoms with Gasteiger partial charge < -0.3 is 14.2 Å². The van der Waals surface area contributed by atoms with Crippen molar-refractivity contribution in [1.82, 2.24) is 0 Å². The summed E-state index contributed by atoms with van der Waals surface area (Å²) in [5.41, 5.74) is 0.691. The maximum absolute atomic E-state index is 13.3. The summed E-state index contributed by atoms with van der Waals surface area (Å²) in [6, 6.07) is 3.97. The molecular formula is C18H24F2O3. The molecule has 128 valence electrons. The van der Waals surface area contributed by atoms with Crippen LogP contribution in [0.25, 0.3) is 0 Å². The molecule has 2 saturated heterocycles. The minimum Gasteiger partial charge on any atom is -0.373 e. The van der Waals surface area contributed by atoms with E-state index in [1.807, 2.05) is 0 Å². The van der Waals surface area contributed by atoms with Gasteiger partial charge in [0.05, 0.1) is 25.9 Å². The van der Waals surface area contributed by atoms with Crippen LogP contribution in [0.2, 0.25) is 0 Å². The van der Waals surface area contributed by atoms with E-state index >= 15 is 0 Å². The molecule has 1 aromatic rings. The van der Waals surface area contributed by atoms with Crippen LogP contribution >= 0.6 is 0 Å². The van der Waals surface area contributed by atoms with Gasteiger partial charge in [-0.05, 0) is 37.0 Å². The summed E-state index contributed by atoms with van der Waals surface area (Å²) in [6.45, 7) is 4.19. The quantitative estimate of drug-likeness (QED) is 0.829. The van der Waals surface area contributed by atoms with Crippen LogP contribution in [0.1, 0.15) is 44.3 Å². The van der Waals surface area contributed by atoms with E-state index in [9.17, 15) is 8.78 Å². The molecule has 0 amide bonds. The Morgan fingerprint density at radius 3 is 2.39 bits per heavy atom. The van der Waals surface area contributed by atoms with Crippen molar-refractivity contribution in [2.75, 3.05) is 19.8 Å². The van der Waals surface area contributed by atoms with Crippen LogP contribution in [0.15, 0.2) is 18.2 Å². The molecule has 2 heterocycles. The maximum Gasteiger partial charge on any atom is 0.162 e. The zero-order chi connectivity index (χ0) is 16.2. The van der Waals surface area contributed by atoms with E-state index in [4.69, 9.17) is 14.2 Å². The van der Waals surface area contributed by atoms with Crippen LogP contribution in [0.3, 0.4) is 0 Å². The average molecular weight is 326 g/mol. The number of hydrogen-bond acceptors (Lipinski definition) is 3. The molecule has 2 aliphatic rings. The molecule has 3 nitrogen and oxygen atoms in total. The smallest absolute Gasteiger partial charge is 0.162 e. The Balaban J connectivity index is 1.50. The van der Waals surface area contributed by atoms with Crippen molar-refractivity contribution in [3.8, 4) is 0 Å². The second-order valence-electron chi connectivity index (χ2n) is 6.52. The number of rotatable bonds is 4. The number of hydrogen-bond donors (Lipinski definition) is 0. The fourth-order valence-electron chi connectivity index (χ4n) is 3.37. The molecule has 0 N–H and O–H groups in total. The predicted octanol–water partition coefficient (Wildman–Crippen LogP) is 4.22. The molecule has 0 radical (unpaired) electrons. The number of ether oxygens (including phenoxy) is 3. The van der Waals surface area contributed by atoms with Gasteiger partial charge >= 0.3 is 0 Å². The van der Waals surface area contributed by atoms with Gasteiger partial charge in [0.25, 0.3) is 0 Å². The van der Waals surface area contributed by atoms with Crippen molar-refractivity contribution in [3.05, 3.63) is 35.4 Å². The Morgan fingerprint density at radius 1 is 1.00 bits per heavy atom. The van der Waals surface area contributed by atoms with Crippen LogP contribution < -0.4 is 0 Å². The molecule has 5 heteroatoms. The van der Waals surface area contributed by atoms with E-state index in [2.05, 4.69) is 6.92 Å². The first-order chi connectivity index (χ1) is 11.2. The highest BCUT2D eigenvalue weighted by molar-refractivity contribution is 5.20. The van der Waals surface area contributed by atoms with Crippen molar-refractivity contribution in [3.63, 3.8) is 0 Å². The molecule has 1 aromatic carbocycles. The van der Waals surface area contributed by atoms with E-state index in [-0.39, 0.29) is 18.3 Å². The minimum absolute atomic E-state index is 0.183. The predicted molar refractivity (Wildman–Crippen MR) is 81.9 cm³/mol. The van der Waals surface area contributed by atoms with Gasteiger partial charge in [-0.15, -0.1) is 0 Å². The fourth-order valence-corrected chi connectivity index (χ4v) is 3.37. The van der Waals surface area contributed by atoms with E-state index in [1.54, 1.807) is 6.07 Å². The lowest BCUT2D eigenvalue weighted by Crippen LogP contribution is -2.40. The highest BCUT2D eigenvalue weighted by Gasteiger charge is 2.33. The Kier molecular flexibility index (Phi) is 5.62. The van der Waals surface area contributed by atoms with Crippen LogP contribution in [-0.2, 0) is 14.2 Å². The Morgan fingerprint density at radius 2 is 1.78 bits per heavy atom. The third kappa shape index (κ3) is 4.08. The van der Waals surface area contributed by atoms with E-state index in [1.165, 1.54) is 6.07 Å². The van der Waals surface area contributed by atoms with Gasteiger partial charge in [-0.1, -0.05) is 19.4 Å². The second-order valence-corrected chi connectivity index (χ2v) is 6.52. The summed E-state index contributed by atoms with van der Waals surface area (Å²) in [5, 5.41) is 0. The lowest BCUT2D eigenvalue weighted by molar-refractivity contribution is -0.241. The van der Waals surface area contributed by atoms with E-state index in [0.29, 0.717) is 18.1 Å². The first kappa shape index (κ1) is 16.8. The summed E-state index contributed by atoms with van der Waals surface area (Å²) >= 11 is 0. The van der Waals surface area contributed by atoms with E-state index < -0.39 is 11.6 Å². The molecule has 23 heavy (non-hydrogen) atoms. The van der Waals surface area contributed by atoms with Crippen molar-refractivity contribution in [2.24, 2.45) is 11.8 Å². The molecular weight excluding hydrogens is 302 g/mol. The van der Waals surface area contributed by atoms with E-state index in [0.717, 1.165) is 45.0 Å². The SMILES string of the molecule is CCCC1COC(C2CCC(c3ccc(F)c(F)c3)OC2)OC1. The summed E-state index contributed by atoms with van der Waals surface area (Å²) < 4.78 is 43.9. The van der Waals surface area contributed by atoms with Gasteiger partial charge in [0.2, 0.25) is 0 Å².